The van der Waals surface area contributed by atoms with Crippen molar-refractivity contribution in [2.24, 2.45) is 0 Å². The number of benzene rings is 1. The molecule has 0 radical (unpaired) electrons. The number of carbonyl (C=O) groups excluding carboxylic acids is 1. The summed E-state index contributed by atoms with van der Waals surface area (Å²) in [5, 5.41) is 12.0. The van der Waals surface area contributed by atoms with Crippen LogP contribution in [0.25, 0.3) is 0 Å². The maximum Gasteiger partial charge on any atom is 0.317 e. The number of urea groups is 1. The van der Waals surface area contributed by atoms with E-state index < -0.39 is 6.10 Å². The van der Waals surface area contributed by atoms with Crippen molar-refractivity contribution in [2.45, 2.75) is 39.5 Å². The van der Waals surface area contributed by atoms with E-state index in [1.54, 1.807) is 14.0 Å². The van der Waals surface area contributed by atoms with Gasteiger partial charge < -0.3 is 20.1 Å². The molecule has 0 saturated heterocycles. The Morgan fingerprint density at radius 2 is 1.90 bits per heavy atom. The second-order valence-electron chi connectivity index (χ2n) is 5.20. The van der Waals surface area contributed by atoms with Crippen molar-refractivity contribution >= 4 is 6.03 Å². The molecule has 0 fully saturated rings. The summed E-state index contributed by atoms with van der Waals surface area (Å²) in [5.41, 5.74) is 1.000. The molecule has 0 aliphatic rings. The van der Waals surface area contributed by atoms with Crippen LogP contribution in [-0.2, 0) is 6.54 Å². The van der Waals surface area contributed by atoms with Crippen LogP contribution in [0, 0.1) is 0 Å². The van der Waals surface area contributed by atoms with Gasteiger partial charge in [-0.25, -0.2) is 4.79 Å². The number of aliphatic hydroxyl groups is 1. The molecule has 1 aromatic rings. The molecule has 5 heteroatoms. The molecule has 1 unspecified atom stereocenters. The number of hydrogen-bond donors (Lipinski definition) is 2. The Hall–Kier alpha value is -1.75. The number of amides is 2. The van der Waals surface area contributed by atoms with Gasteiger partial charge in [0.1, 0.15) is 5.75 Å². The predicted molar refractivity (Wildman–Crippen MR) is 78.8 cm³/mol. The molecule has 5 nitrogen and oxygen atoms in total. The first-order valence-electron chi connectivity index (χ1n) is 6.81. The van der Waals surface area contributed by atoms with Gasteiger partial charge in [0, 0.05) is 20.1 Å². The topological polar surface area (TPSA) is 61.8 Å². The second-order valence-corrected chi connectivity index (χ2v) is 5.20. The summed E-state index contributed by atoms with van der Waals surface area (Å²) in [6, 6.07) is 7.43. The minimum absolute atomic E-state index is 0.148. The third kappa shape index (κ3) is 5.93. The third-order valence-corrected chi connectivity index (χ3v) is 2.62. The van der Waals surface area contributed by atoms with Gasteiger partial charge in [0.05, 0.1) is 12.2 Å². The van der Waals surface area contributed by atoms with E-state index in [9.17, 15) is 9.90 Å². The van der Waals surface area contributed by atoms with Crippen LogP contribution in [0.1, 0.15) is 26.3 Å². The fourth-order valence-corrected chi connectivity index (χ4v) is 1.75. The quantitative estimate of drug-likeness (QED) is 0.837. The van der Waals surface area contributed by atoms with E-state index in [1.807, 2.05) is 38.1 Å². The highest BCUT2D eigenvalue weighted by Gasteiger charge is 2.10. The monoisotopic (exact) mass is 280 g/mol. The largest absolute Gasteiger partial charge is 0.491 e. The number of rotatable bonds is 6. The smallest absolute Gasteiger partial charge is 0.317 e. The van der Waals surface area contributed by atoms with Crippen LogP contribution in [0.15, 0.2) is 24.3 Å². The number of hydrogen-bond acceptors (Lipinski definition) is 3. The number of nitrogens with zero attached hydrogens (tertiary/aromatic N) is 1. The van der Waals surface area contributed by atoms with Gasteiger partial charge in [-0.3, -0.25) is 0 Å². The van der Waals surface area contributed by atoms with Crippen LogP contribution >= 0.6 is 0 Å². The van der Waals surface area contributed by atoms with Crippen molar-refractivity contribution in [3.05, 3.63) is 29.8 Å². The number of aliphatic hydroxyl groups excluding tert-OH is 1. The summed E-state index contributed by atoms with van der Waals surface area (Å²) >= 11 is 0. The lowest BCUT2D eigenvalue weighted by molar-refractivity contribution is 0.143. The molecular formula is C15H24N2O3. The zero-order valence-corrected chi connectivity index (χ0v) is 12.6. The second kappa shape index (κ2) is 7.75. The van der Waals surface area contributed by atoms with E-state index in [-0.39, 0.29) is 12.1 Å². The van der Waals surface area contributed by atoms with Crippen LogP contribution < -0.4 is 10.1 Å². The SMILES string of the molecule is CC(O)CN(C)C(=O)NCc1ccc(OC(C)C)cc1. The van der Waals surface area contributed by atoms with Crippen LogP contribution in [0.5, 0.6) is 5.75 Å². The minimum atomic E-state index is -0.529. The lowest BCUT2D eigenvalue weighted by Crippen LogP contribution is -2.40. The number of nitrogens with one attached hydrogen (secondary N) is 1. The summed E-state index contributed by atoms with van der Waals surface area (Å²) in [5.74, 6) is 0.821. The molecule has 1 aromatic carbocycles. The fourth-order valence-electron chi connectivity index (χ4n) is 1.75. The Bertz CT molecular complexity index is 416. The first-order valence-corrected chi connectivity index (χ1v) is 6.81. The molecule has 20 heavy (non-hydrogen) atoms. The maximum absolute atomic E-state index is 11.7. The summed E-state index contributed by atoms with van der Waals surface area (Å²) < 4.78 is 5.55. The van der Waals surface area contributed by atoms with E-state index in [0.29, 0.717) is 13.1 Å². The molecule has 1 rings (SSSR count). The molecule has 112 valence electrons. The highest BCUT2D eigenvalue weighted by atomic mass is 16.5. The molecule has 2 amide bonds. The van der Waals surface area contributed by atoms with Crippen LogP contribution in [-0.4, -0.2) is 41.8 Å². The van der Waals surface area contributed by atoms with E-state index in [2.05, 4.69) is 5.32 Å². The Labute approximate surface area is 120 Å². The predicted octanol–water partition coefficient (Wildman–Crippen LogP) is 2.00. The summed E-state index contributed by atoms with van der Waals surface area (Å²) in [4.78, 5) is 13.2. The highest BCUT2D eigenvalue weighted by Crippen LogP contribution is 2.13. The summed E-state index contributed by atoms with van der Waals surface area (Å²) in [6.07, 6.45) is -0.382. The van der Waals surface area contributed by atoms with Gasteiger partial charge in [-0.15, -0.1) is 0 Å². The zero-order chi connectivity index (χ0) is 15.1. The van der Waals surface area contributed by atoms with Crippen molar-refractivity contribution < 1.29 is 14.6 Å². The van der Waals surface area contributed by atoms with E-state index >= 15 is 0 Å². The zero-order valence-electron chi connectivity index (χ0n) is 12.6. The summed E-state index contributed by atoms with van der Waals surface area (Å²) in [6.45, 7) is 6.37. The lowest BCUT2D eigenvalue weighted by atomic mass is 10.2. The van der Waals surface area contributed by atoms with E-state index in [0.717, 1.165) is 11.3 Å². The molecule has 0 spiro atoms. The van der Waals surface area contributed by atoms with Crippen molar-refractivity contribution in [3.8, 4) is 5.75 Å². The molecule has 0 bridgehead atoms. The molecule has 0 aliphatic heterocycles. The van der Waals surface area contributed by atoms with Crippen molar-refractivity contribution in [1.29, 1.82) is 0 Å². The van der Waals surface area contributed by atoms with Crippen molar-refractivity contribution in [3.63, 3.8) is 0 Å². The standard InChI is InChI=1S/C15H24N2O3/c1-11(2)20-14-7-5-13(6-8-14)9-16-15(19)17(4)10-12(3)18/h5-8,11-12,18H,9-10H2,1-4H3,(H,16,19). The van der Waals surface area contributed by atoms with Crippen molar-refractivity contribution in [2.75, 3.05) is 13.6 Å². The average Bonchev–Trinajstić information content (AvgIpc) is 2.36. The van der Waals surface area contributed by atoms with Gasteiger partial charge in [0.25, 0.3) is 0 Å². The van der Waals surface area contributed by atoms with Gasteiger partial charge >= 0.3 is 6.03 Å². The molecule has 1 atom stereocenters. The number of ether oxygens (including phenoxy) is 1. The number of carbonyl (C=O) groups is 1. The first kappa shape index (κ1) is 16.3. The van der Waals surface area contributed by atoms with Gasteiger partial charge in [-0.1, -0.05) is 12.1 Å². The third-order valence-electron chi connectivity index (χ3n) is 2.62. The molecule has 0 saturated carbocycles. The van der Waals surface area contributed by atoms with Gasteiger partial charge in [-0.2, -0.15) is 0 Å². The highest BCUT2D eigenvalue weighted by molar-refractivity contribution is 5.73. The molecule has 0 heterocycles. The fraction of sp³-hybridized carbons (Fsp3) is 0.533. The first-order chi connectivity index (χ1) is 9.38. The van der Waals surface area contributed by atoms with Gasteiger partial charge in [0.2, 0.25) is 0 Å². The summed E-state index contributed by atoms with van der Waals surface area (Å²) in [7, 11) is 1.65. The Kier molecular flexibility index (Phi) is 6.31. The van der Waals surface area contributed by atoms with Gasteiger partial charge in [0.15, 0.2) is 0 Å². The van der Waals surface area contributed by atoms with Crippen molar-refractivity contribution in [1.82, 2.24) is 10.2 Å². The normalized spacial score (nSPS) is 12.1. The van der Waals surface area contributed by atoms with Crippen LogP contribution in [0.3, 0.4) is 0 Å². The molecule has 0 aliphatic carbocycles. The average molecular weight is 280 g/mol. The van der Waals surface area contributed by atoms with Crippen LogP contribution in [0.2, 0.25) is 0 Å². The van der Waals surface area contributed by atoms with E-state index in [1.165, 1.54) is 4.90 Å². The molecular weight excluding hydrogens is 256 g/mol. The Balaban J connectivity index is 2.43. The van der Waals surface area contributed by atoms with E-state index in [4.69, 9.17) is 4.74 Å². The van der Waals surface area contributed by atoms with Crippen LogP contribution in [0.4, 0.5) is 4.79 Å². The van der Waals surface area contributed by atoms with Gasteiger partial charge in [-0.05, 0) is 38.5 Å². The molecule has 0 aromatic heterocycles. The Morgan fingerprint density at radius 1 is 1.30 bits per heavy atom. The maximum atomic E-state index is 11.7. The minimum Gasteiger partial charge on any atom is -0.491 e. The number of likely N-dealkylation sites (N-methyl/N-ethyl adjacent to an activating group) is 1. The molecule has 2 N–H and O–H groups in total. The Morgan fingerprint density at radius 3 is 2.40 bits per heavy atom. The lowest BCUT2D eigenvalue weighted by Gasteiger charge is -2.19.